The first-order valence-electron chi connectivity index (χ1n) is 10.7. The number of H-pyrrole nitrogens is 1. The summed E-state index contributed by atoms with van der Waals surface area (Å²) < 4.78 is 6.78. The van der Waals surface area contributed by atoms with Crippen LogP contribution in [0.3, 0.4) is 0 Å². The molecule has 0 aliphatic heterocycles. The molecule has 0 saturated heterocycles. The van der Waals surface area contributed by atoms with Gasteiger partial charge in [0, 0.05) is 28.7 Å². The monoisotopic (exact) mass is 581 g/mol. The fraction of sp³-hybridized carbons (Fsp3) is 0.111. The van der Waals surface area contributed by atoms with Crippen molar-refractivity contribution in [3.63, 3.8) is 0 Å². The average Bonchev–Trinajstić information content (AvgIpc) is 3.26. The normalized spacial score (nSPS) is 11.3. The Kier molecular flexibility index (Phi) is 7.88. The van der Waals surface area contributed by atoms with Gasteiger partial charge >= 0.3 is 0 Å². The van der Waals surface area contributed by atoms with Gasteiger partial charge in [0.2, 0.25) is 0 Å². The Morgan fingerprint density at radius 3 is 2.71 bits per heavy atom. The molecule has 0 saturated carbocycles. The molecule has 2 N–H and O–H groups in total. The molecule has 5 nitrogen and oxygen atoms in total. The lowest BCUT2D eigenvalue weighted by Gasteiger charge is -2.09. The third-order valence-corrected chi connectivity index (χ3v) is 6.39. The SMILES string of the molecule is N#C/C(=C/c1ccc(OCc2ccc(Cl)cc2)c(I)c1)C(=O)NCCc1c[nH]c2ccccc12. The molecule has 34 heavy (non-hydrogen) atoms. The third-order valence-electron chi connectivity index (χ3n) is 5.29. The standard InChI is InChI=1S/C27H21ClIN3O2/c28-22-8-5-18(6-9-22)17-34-26-10-7-19(14-24(26)29)13-21(15-30)27(33)31-12-11-20-16-32-25-4-2-1-3-23(20)25/h1-10,13-14,16,32H,11-12,17H2,(H,31,33)/b21-13-. The maximum absolute atomic E-state index is 12.6. The van der Waals surface area contributed by atoms with Crippen LogP contribution in [0.1, 0.15) is 16.7 Å². The highest BCUT2D eigenvalue weighted by Gasteiger charge is 2.11. The van der Waals surface area contributed by atoms with E-state index in [4.69, 9.17) is 16.3 Å². The predicted molar refractivity (Wildman–Crippen MR) is 144 cm³/mol. The topological polar surface area (TPSA) is 77.9 Å². The number of aromatic nitrogens is 1. The van der Waals surface area contributed by atoms with Crippen molar-refractivity contribution in [1.82, 2.24) is 10.3 Å². The molecule has 1 aromatic heterocycles. The summed E-state index contributed by atoms with van der Waals surface area (Å²) in [5.41, 5.74) is 4.02. The number of hydrogen-bond acceptors (Lipinski definition) is 3. The zero-order valence-corrected chi connectivity index (χ0v) is 21.1. The van der Waals surface area contributed by atoms with Gasteiger partial charge in [-0.2, -0.15) is 5.26 Å². The van der Waals surface area contributed by atoms with Crippen LogP contribution in [-0.4, -0.2) is 17.4 Å². The molecule has 0 fully saturated rings. The quantitative estimate of drug-likeness (QED) is 0.146. The highest BCUT2D eigenvalue weighted by molar-refractivity contribution is 14.1. The minimum atomic E-state index is -0.389. The fourth-order valence-corrected chi connectivity index (χ4v) is 4.35. The maximum atomic E-state index is 12.6. The van der Waals surface area contributed by atoms with E-state index in [0.717, 1.165) is 36.9 Å². The molecule has 0 spiro atoms. The molecule has 0 aliphatic carbocycles. The van der Waals surface area contributed by atoms with Crippen LogP contribution in [-0.2, 0) is 17.8 Å². The summed E-state index contributed by atoms with van der Waals surface area (Å²) in [4.78, 5) is 15.8. The Bertz CT molecular complexity index is 1390. The lowest BCUT2D eigenvalue weighted by Crippen LogP contribution is -2.26. The highest BCUT2D eigenvalue weighted by atomic mass is 127. The molecule has 1 heterocycles. The molecule has 1 amide bonds. The van der Waals surface area contributed by atoms with E-state index in [-0.39, 0.29) is 11.5 Å². The molecule has 0 bridgehead atoms. The van der Waals surface area contributed by atoms with Crippen LogP contribution in [0.4, 0.5) is 0 Å². The summed E-state index contributed by atoms with van der Waals surface area (Å²) >= 11 is 8.10. The van der Waals surface area contributed by atoms with Crippen molar-refractivity contribution in [2.24, 2.45) is 0 Å². The van der Waals surface area contributed by atoms with E-state index in [0.29, 0.717) is 24.6 Å². The maximum Gasteiger partial charge on any atom is 0.261 e. The predicted octanol–water partition coefficient (Wildman–Crippen LogP) is 6.27. The Balaban J connectivity index is 1.36. The molecular formula is C27H21ClIN3O2. The van der Waals surface area contributed by atoms with Crippen LogP contribution in [0.2, 0.25) is 5.02 Å². The fourth-order valence-electron chi connectivity index (χ4n) is 3.53. The number of carbonyl (C=O) groups excluding carboxylic acids is 1. The summed E-state index contributed by atoms with van der Waals surface area (Å²) in [5.74, 6) is 0.342. The first-order chi connectivity index (χ1) is 16.5. The molecular weight excluding hydrogens is 561 g/mol. The van der Waals surface area contributed by atoms with E-state index in [1.807, 2.05) is 79.0 Å². The molecule has 3 aromatic carbocycles. The van der Waals surface area contributed by atoms with Crippen LogP contribution in [0.25, 0.3) is 17.0 Å². The molecule has 4 rings (SSSR count). The second-order valence-electron chi connectivity index (χ2n) is 7.64. The number of nitriles is 1. The van der Waals surface area contributed by atoms with Crippen LogP contribution >= 0.6 is 34.2 Å². The Morgan fingerprint density at radius 1 is 1.15 bits per heavy atom. The van der Waals surface area contributed by atoms with Crippen LogP contribution in [0.5, 0.6) is 5.75 Å². The van der Waals surface area contributed by atoms with Crippen molar-refractivity contribution in [3.05, 3.63) is 104 Å². The zero-order valence-electron chi connectivity index (χ0n) is 18.1. The number of nitrogens with zero attached hydrogens (tertiary/aromatic N) is 1. The van der Waals surface area contributed by atoms with E-state index in [1.165, 1.54) is 0 Å². The van der Waals surface area contributed by atoms with Crippen molar-refractivity contribution < 1.29 is 9.53 Å². The Morgan fingerprint density at radius 2 is 1.94 bits per heavy atom. The van der Waals surface area contributed by atoms with Crippen molar-refractivity contribution in [2.45, 2.75) is 13.0 Å². The Hall–Kier alpha value is -3.28. The molecule has 0 unspecified atom stereocenters. The summed E-state index contributed by atoms with van der Waals surface area (Å²) in [5, 5.41) is 14.2. The van der Waals surface area contributed by atoms with Gasteiger partial charge in [-0.1, -0.05) is 48.0 Å². The van der Waals surface area contributed by atoms with Gasteiger partial charge in [-0.25, -0.2) is 0 Å². The molecule has 7 heteroatoms. The number of nitrogens with one attached hydrogen (secondary N) is 2. The number of carbonyl (C=O) groups is 1. The number of amides is 1. The lowest BCUT2D eigenvalue weighted by molar-refractivity contribution is -0.117. The number of fused-ring (bicyclic) bond motifs is 1. The number of rotatable bonds is 8. The average molecular weight is 582 g/mol. The van der Waals surface area contributed by atoms with E-state index in [1.54, 1.807) is 6.08 Å². The van der Waals surface area contributed by atoms with Gasteiger partial charge in [0.1, 0.15) is 24.0 Å². The van der Waals surface area contributed by atoms with Gasteiger partial charge in [-0.3, -0.25) is 4.79 Å². The van der Waals surface area contributed by atoms with Crippen LogP contribution in [0, 0.1) is 14.9 Å². The minimum absolute atomic E-state index is 0.0598. The van der Waals surface area contributed by atoms with Gasteiger partial charge in [-0.05, 0) is 82.1 Å². The van der Waals surface area contributed by atoms with Gasteiger partial charge < -0.3 is 15.0 Å². The van der Waals surface area contributed by atoms with Crippen LogP contribution < -0.4 is 10.1 Å². The second kappa shape index (κ2) is 11.2. The first-order valence-corrected chi connectivity index (χ1v) is 12.1. The minimum Gasteiger partial charge on any atom is -0.488 e. The summed E-state index contributed by atoms with van der Waals surface area (Å²) in [7, 11) is 0. The summed E-state index contributed by atoms with van der Waals surface area (Å²) in [6.07, 6.45) is 4.22. The van der Waals surface area contributed by atoms with E-state index < -0.39 is 0 Å². The summed E-state index contributed by atoms with van der Waals surface area (Å²) in [6, 6.07) is 23.1. The van der Waals surface area contributed by atoms with Gasteiger partial charge in [0.05, 0.1) is 3.57 Å². The molecule has 0 atom stereocenters. The van der Waals surface area contributed by atoms with Crippen molar-refractivity contribution in [2.75, 3.05) is 6.54 Å². The van der Waals surface area contributed by atoms with Crippen molar-refractivity contribution in [1.29, 1.82) is 5.26 Å². The number of hydrogen-bond donors (Lipinski definition) is 2. The van der Waals surface area contributed by atoms with Crippen molar-refractivity contribution >= 4 is 57.1 Å². The number of halogens is 2. The molecule has 0 aliphatic rings. The van der Waals surface area contributed by atoms with Gasteiger partial charge in [0.25, 0.3) is 5.91 Å². The number of para-hydroxylation sites is 1. The van der Waals surface area contributed by atoms with E-state index >= 15 is 0 Å². The second-order valence-corrected chi connectivity index (χ2v) is 9.24. The summed E-state index contributed by atoms with van der Waals surface area (Å²) in [6.45, 7) is 0.860. The highest BCUT2D eigenvalue weighted by Crippen LogP contribution is 2.25. The van der Waals surface area contributed by atoms with Gasteiger partial charge in [0.15, 0.2) is 0 Å². The third kappa shape index (κ3) is 5.99. The lowest BCUT2D eigenvalue weighted by atomic mass is 10.1. The van der Waals surface area contributed by atoms with Crippen LogP contribution in [0.15, 0.2) is 78.5 Å². The number of benzene rings is 3. The van der Waals surface area contributed by atoms with E-state index in [2.05, 4.69) is 32.9 Å². The molecule has 0 radical (unpaired) electrons. The number of aromatic amines is 1. The molecule has 4 aromatic rings. The number of ether oxygens (including phenoxy) is 1. The largest absolute Gasteiger partial charge is 0.488 e. The van der Waals surface area contributed by atoms with E-state index in [9.17, 15) is 10.1 Å². The first kappa shape index (κ1) is 23.9. The zero-order chi connectivity index (χ0) is 23.9. The Labute approximate surface area is 216 Å². The van der Waals surface area contributed by atoms with Crippen molar-refractivity contribution in [3.8, 4) is 11.8 Å². The smallest absolute Gasteiger partial charge is 0.261 e. The molecule has 170 valence electrons. The van der Waals surface area contributed by atoms with Gasteiger partial charge in [-0.15, -0.1) is 0 Å².